The molecule has 0 aliphatic heterocycles. The Balaban J connectivity index is 0.00000220. The van der Waals surface area contributed by atoms with E-state index in [0.717, 1.165) is 17.7 Å². The maximum Gasteiger partial charge on any atom is 1.00 e. The second-order valence-corrected chi connectivity index (χ2v) is 4.61. The van der Waals surface area contributed by atoms with Gasteiger partial charge >= 0.3 is 58.4 Å². The maximum atomic E-state index is 13.3. The van der Waals surface area contributed by atoms with Crippen LogP contribution in [0.25, 0.3) is 0 Å². The second kappa shape index (κ2) is 7.99. The molecule has 0 saturated carbocycles. The molecule has 21 heavy (non-hydrogen) atoms. The normalized spacial score (nSPS) is 10.9. The van der Waals surface area contributed by atoms with E-state index in [2.05, 4.69) is 0 Å². The fourth-order valence-corrected chi connectivity index (χ4v) is 1.74. The molecular weight excluding hydrogens is 333 g/mol. The molecule has 0 heterocycles. The van der Waals surface area contributed by atoms with Crippen LogP contribution < -0.4 is 61.6 Å². The van der Waals surface area contributed by atoms with Gasteiger partial charge in [-0.3, -0.25) is 0 Å². The molecular formula is C13H9BClF4KO. The van der Waals surface area contributed by atoms with Gasteiger partial charge in [-0.25, -0.2) is 4.39 Å². The van der Waals surface area contributed by atoms with E-state index in [-0.39, 0.29) is 63.7 Å². The number of ether oxygens (including phenoxy) is 1. The quantitative estimate of drug-likeness (QED) is 0.598. The number of benzene rings is 2. The fourth-order valence-electron chi connectivity index (χ4n) is 1.61. The molecule has 2 rings (SSSR count). The van der Waals surface area contributed by atoms with Crippen molar-refractivity contribution in [2.45, 2.75) is 6.61 Å². The first kappa shape index (κ1) is 19.0. The average Bonchev–Trinajstić information content (AvgIpc) is 2.36. The van der Waals surface area contributed by atoms with Crippen LogP contribution in [-0.4, -0.2) is 6.98 Å². The SMILES string of the molecule is Fc1cc(OCc2ccc(Cl)cc2)ccc1[B-](F)(F)F.[K+]. The zero-order chi connectivity index (χ0) is 14.8. The van der Waals surface area contributed by atoms with Gasteiger partial charge in [0.1, 0.15) is 12.4 Å². The molecule has 0 radical (unpaired) electrons. The van der Waals surface area contributed by atoms with Crippen LogP contribution in [0.1, 0.15) is 5.56 Å². The standard InChI is InChI=1S/C13H9BClF4O.K/c15-10-3-1-9(2-4-10)8-20-11-5-6-12(13(16)7-11)14(17,18)19;/h1-7H,8H2;/q-1;+1. The van der Waals surface area contributed by atoms with Crippen LogP contribution in [0, 0.1) is 5.82 Å². The minimum Gasteiger partial charge on any atom is -0.489 e. The van der Waals surface area contributed by atoms with Gasteiger partial charge in [-0.1, -0.05) is 35.3 Å². The number of hydrogen-bond donors (Lipinski definition) is 0. The van der Waals surface area contributed by atoms with Gasteiger partial charge in [0.2, 0.25) is 0 Å². The smallest absolute Gasteiger partial charge is 0.489 e. The van der Waals surface area contributed by atoms with Crippen molar-refractivity contribution in [1.29, 1.82) is 0 Å². The van der Waals surface area contributed by atoms with Gasteiger partial charge in [0, 0.05) is 11.1 Å². The Morgan fingerprint density at radius 1 is 1.00 bits per heavy atom. The Labute approximate surface area is 167 Å². The minimum atomic E-state index is -5.35. The topological polar surface area (TPSA) is 9.23 Å². The Bertz CT molecular complexity index is 604. The summed E-state index contributed by atoms with van der Waals surface area (Å²) in [5, 5.41) is 0.566. The van der Waals surface area contributed by atoms with Crippen LogP contribution in [0.5, 0.6) is 5.75 Å². The first-order chi connectivity index (χ1) is 9.36. The second-order valence-electron chi connectivity index (χ2n) is 4.17. The van der Waals surface area contributed by atoms with Gasteiger partial charge < -0.3 is 17.7 Å². The van der Waals surface area contributed by atoms with Gasteiger partial charge in [0.05, 0.1) is 5.82 Å². The molecule has 0 atom stereocenters. The molecule has 0 aliphatic rings. The van der Waals surface area contributed by atoms with E-state index in [1.165, 1.54) is 0 Å². The molecule has 1 nitrogen and oxygen atoms in total. The third-order valence-corrected chi connectivity index (χ3v) is 2.90. The first-order valence-electron chi connectivity index (χ1n) is 5.73. The maximum absolute atomic E-state index is 13.3. The van der Waals surface area contributed by atoms with Crippen LogP contribution in [0.4, 0.5) is 17.3 Å². The Morgan fingerprint density at radius 2 is 1.62 bits per heavy atom. The molecule has 0 bridgehead atoms. The Morgan fingerprint density at radius 3 is 2.14 bits per heavy atom. The van der Waals surface area contributed by atoms with Gasteiger partial charge in [0.25, 0.3) is 0 Å². The van der Waals surface area contributed by atoms with Crippen LogP contribution >= 0.6 is 11.6 Å². The largest absolute Gasteiger partial charge is 1.00 e. The molecule has 2 aromatic rings. The van der Waals surface area contributed by atoms with Crippen LogP contribution in [0.3, 0.4) is 0 Å². The van der Waals surface area contributed by atoms with Crippen molar-refractivity contribution >= 4 is 24.0 Å². The van der Waals surface area contributed by atoms with Crippen molar-refractivity contribution in [2.75, 3.05) is 0 Å². The van der Waals surface area contributed by atoms with Gasteiger partial charge in [-0.05, 0) is 23.8 Å². The summed E-state index contributed by atoms with van der Waals surface area (Å²) in [7, 11) is 0. The number of rotatable bonds is 4. The molecule has 0 N–H and O–H groups in total. The summed E-state index contributed by atoms with van der Waals surface area (Å²) >= 11 is 5.71. The summed E-state index contributed by atoms with van der Waals surface area (Å²) in [6.45, 7) is -5.23. The summed E-state index contributed by atoms with van der Waals surface area (Å²) < 4.78 is 55.9. The van der Waals surface area contributed by atoms with Crippen LogP contribution in [0.2, 0.25) is 5.02 Å². The van der Waals surface area contributed by atoms with E-state index < -0.39 is 18.3 Å². The molecule has 2 aromatic carbocycles. The number of halogens is 5. The van der Waals surface area contributed by atoms with E-state index in [9.17, 15) is 17.3 Å². The van der Waals surface area contributed by atoms with Crippen molar-refractivity contribution < 1.29 is 73.5 Å². The van der Waals surface area contributed by atoms with Crippen LogP contribution in [0.15, 0.2) is 42.5 Å². The minimum absolute atomic E-state index is 0. The van der Waals surface area contributed by atoms with Gasteiger partial charge in [-0.2, -0.15) is 0 Å². The van der Waals surface area contributed by atoms with E-state index >= 15 is 0 Å². The molecule has 0 amide bonds. The summed E-state index contributed by atoms with van der Waals surface area (Å²) in [4.78, 5) is 0. The summed E-state index contributed by atoms with van der Waals surface area (Å²) in [6.07, 6.45) is 0. The van der Waals surface area contributed by atoms with Crippen LogP contribution in [-0.2, 0) is 6.61 Å². The molecule has 0 spiro atoms. The third kappa shape index (κ3) is 5.58. The number of hydrogen-bond acceptors (Lipinski definition) is 1. The predicted octanol–water partition coefficient (Wildman–Crippen LogP) is 1.12. The van der Waals surface area contributed by atoms with E-state index in [1.54, 1.807) is 24.3 Å². The predicted molar refractivity (Wildman–Crippen MR) is 70.9 cm³/mol. The average molecular weight is 343 g/mol. The molecule has 0 unspecified atom stereocenters. The van der Waals surface area contributed by atoms with E-state index in [1.807, 2.05) is 0 Å². The van der Waals surface area contributed by atoms with Crippen molar-refractivity contribution in [3.8, 4) is 5.75 Å². The van der Waals surface area contributed by atoms with E-state index in [0.29, 0.717) is 11.1 Å². The molecule has 0 fully saturated rings. The fraction of sp³-hybridized carbons (Fsp3) is 0.0769. The molecule has 8 heteroatoms. The monoisotopic (exact) mass is 342 g/mol. The van der Waals surface area contributed by atoms with Gasteiger partial charge in [-0.15, -0.1) is 0 Å². The third-order valence-electron chi connectivity index (χ3n) is 2.64. The van der Waals surface area contributed by atoms with Crippen molar-refractivity contribution in [1.82, 2.24) is 0 Å². The molecule has 106 valence electrons. The van der Waals surface area contributed by atoms with Crippen molar-refractivity contribution in [2.24, 2.45) is 0 Å². The molecule has 0 saturated heterocycles. The van der Waals surface area contributed by atoms with Crippen molar-refractivity contribution in [3.63, 3.8) is 0 Å². The first-order valence-corrected chi connectivity index (χ1v) is 6.11. The molecule has 0 aromatic heterocycles. The van der Waals surface area contributed by atoms with Gasteiger partial charge in [0.15, 0.2) is 0 Å². The summed E-state index contributed by atoms with van der Waals surface area (Å²) in [6, 6.07) is 9.28. The summed E-state index contributed by atoms with van der Waals surface area (Å²) in [5.41, 5.74) is -0.470. The molecule has 0 aliphatic carbocycles. The summed E-state index contributed by atoms with van der Waals surface area (Å²) in [5.74, 6) is -1.28. The zero-order valence-corrected chi connectivity index (χ0v) is 15.0. The van der Waals surface area contributed by atoms with E-state index in [4.69, 9.17) is 16.3 Å². The Hall–Kier alpha value is -0.0487. The Kier molecular flexibility index (Phi) is 7.23. The zero-order valence-electron chi connectivity index (χ0n) is 11.1. The van der Waals surface area contributed by atoms with Crippen molar-refractivity contribution in [3.05, 3.63) is 58.9 Å².